The van der Waals surface area contributed by atoms with E-state index in [4.69, 9.17) is 24.4 Å². The quantitative estimate of drug-likeness (QED) is 0.245. The van der Waals surface area contributed by atoms with Crippen molar-refractivity contribution in [2.75, 3.05) is 19.5 Å². The molecule has 1 aliphatic carbocycles. The Morgan fingerprint density at radius 1 is 1.07 bits per heavy atom. The zero-order chi connectivity index (χ0) is 28.7. The summed E-state index contributed by atoms with van der Waals surface area (Å²) in [6, 6.07) is 14.8. The molecule has 0 bridgehead atoms. The number of fused-ring (bicyclic) bond motifs is 1. The van der Waals surface area contributed by atoms with Crippen LogP contribution < -0.4 is 14.8 Å². The van der Waals surface area contributed by atoms with E-state index < -0.39 is 12.1 Å². The number of carboxylic acid groups (broad SMARTS) is 1. The minimum Gasteiger partial charge on any atom is -0.497 e. The van der Waals surface area contributed by atoms with Gasteiger partial charge in [0, 0.05) is 28.9 Å². The van der Waals surface area contributed by atoms with Crippen LogP contribution in [0.5, 0.6) is 11.5 Å². The van der Waals surface area contributed by atoms with Crippen LogP contribution in [0.2, 0.25) is 0 Å². The van der Waals surface area contributed by atoms with Gasteiger partial charge >= 0.3 is 12.1 Å². The van der Waals surface area contributed by atoms with Crippen molar-refractivity contribution in [1.82, 2.24) is 14.4 Å². The lowest BCUT2D eigenvalue weighted by Gasteiger charge is -2.24. The third kappa shape index (κ3) is 7.17. The highest BCUT2D eigenvalue weighted by atomic mass is 32.2. The van der Waals surface area contributed by atoms with Crippen molar-refractivity contribution in [2.24, 2.45) is 0 Å². The first-order chi connectivity index (χ1) is 19.2. The summed E-state index contributed by atoms with van der Waals surface area (Å²) in [5.41, 5.74) is 2.78. The number of rotatable bonds is 7. The van der Waals surface area contributed by atoms with Gasteiger partial charge in [-0.05, 0) is 49.2 Å². The maximum Gasteiger partial charge on any atom is 0.490 e. The number of nitrogens with one attached hydrogen (secondary N) is 1. The number of carbonyl (C=O) groups is 1. The molecule has 2 N–H and O–H groups in total. The van der Waals surface area contributed by atoms with E-state index in [2.05, 4.69) is 45.0 Å². The molecule has 0 atom stereocenters. The van der Waals surface area contributed by atoms with Crippen LogP contribution in [0.3, 0.4) is 0 Å². The molecule has 2 heterocycles. The number of carboxylic acids is 1. The number of methoxy groups -OCH3 is 2. The van der Waals surface area contributed by atoms with Crippen molar-refractivity contribution in [2.45, 2.75) is 54.1 Å². The fourth-order valence-electron chi connectivity index (χ4n) is 4.36. The zero-order valence-electron chi connectivity index (χ0n) is 21.9. The minimum absolute atomic E-state index is 0.470. The Hall–Kier alpha value is -3.93. The van der Waals surface area contributed by atoms with E-state index in [9.17, 15) is 13.2 Å². The maximum absolute atomic E-state index is 10.6. The molecule has 1 saturated carbocycles. The van der Waals surface area contributed by atoms with Gasteiger partial charge in [-0.3, -0.25) is 9.38 Å². The van der Waals surface area contributed by atoms with Gasteiger partial charge in [-0.25, -0.2) is 9.78 Å². The number of halogens is 3. The van der Waals surface area contributed by atoms with Gasteiger partial charge in [0.2, 0.25) is 0 Å². The number of aromatic nitrogens is 3. The third-order valence-electron chi connectivity index (χ3n) is 6.34. The second kappa shape index (κ2) is 12.9. The molecule has 0 spiro atoms. The van der Waals surface area contributed by atoms with Crippen molar-refractivity contribution in [3.05, 3.63) is 61.1 Å². The number of anilines is 1. The van der Waals surface area contributed by atoms with Gasteiger partial charge in [0.1, 0.15) is 23.0 Å². The number of imidazole rings is 1. The molecule has 40 heavy (non-hydrogen) atoms. The van der Waals surface area contributed by atoms with Crippen molar-refractivity contribution in [1.29, 1.82) is 0 Å². The fraction of sp³-hybridized carbons (Fsp3) is 0.321. The topological polar surface area (TPSA) is 98.0 Å². The average Bonchev–Trinajstić information content (AvgIpc) is 3.32. The first kappa shape index (κ1) is 29.1. The summed E-state index contributed by atoms with van der Waals surface area (Å²) in [4.78, 5) is 20.3. The summed E-state index contributed by atoms with van der Waals surface area (Å²) in [7, 11) is 3.39. The zero-order valence-corrected chi connectivity index (χ0v) is 22.8. The highest BCUT2D eigenvalue weighted by Crippen LogP contribution is 2.40. The molecule has 0 saturated heterocycles. The number of hydrogen-bond acceptors (Lipinski definition) is 7. The Morgan fingerprint density at radius 2 is 1.77 bits per heavy atom. The summed E-state index contributed by atoms with van der Waals surface area (Å²) in [5, 5.41) is 10.9. The number of benzene rings is 2. The van der Waals surface area contributed by atoms with E-state index in [0.717, 1.165) is 44.0 Å². The van der Waals surface area contributed by atoms with Gasteiger partial charge in [0.15, 0.2) is 5.65 Å². The summed E-state index contributed by atoms with van der Waals surface area (Å²) < 4.78 is 44.9. The smallest absolute Gasteiger partial charge is 0.490 e. The van der Waals surface area contributed by atoms with E-state index in [0.29, 0.717) is 6.04 Å². The van der Waals surface area contributed by atoms with Crippen LogP contribution in [-0.4, -0.2) is 51.9 Å². The maximum atomic E-state index is 10.6. The van der Waals surface area contributed by atoms with Gasteiger partial charge in [-0.2, -0.15) is 13.2 Å². The van der Waals surface area contributed by atoms with Gasteiger partial charge in [0.25, 0.3) is 0 Å². The highest BCUT2D eigenvalue weighted by Gasteiger charge is 2.38. The molecule has 212 valence electrons. The molecule has 0 radical (unpaired) electrons. The SMILES string of the molecule is COc1ccc(Sc2ccc(-c3nc4cnccn4c3NC3CCCCC3)cc2OC)cc1.O=C(O)C(F)(F)F. The van der Waals surface area contributed by atoms with Crippen LogP contribution in [0.4, 0.5) is 19.0 Å². The monoisotopic (exact) mass is 574 g/mol. The standard InChI is InChI=1S/C26H28N4O2S.C2HF3O2/c1-31-20-9-11-21(12-10-20)33-23-13-8-18(16-22(23)32-2)25-26(28-19-6-4-3-5-7-19)30-15-14-27-17-24(30)29-25;3-2(4,5)1(6)7/h8-17,19,28H,3-7H2,1-2H3;(H,6,7). The molecule has 2 aromatic heterocycles. The molecule has 1 aliphatic rings. The first-order valence-electron chi connectivity index (χ1n) is 12.6. The third-order valence-corrected chi connectivity index (χ3v) is 7.41. The lowest BCUT2D eigenvalue weighted by atomic mass is 9.95. The van der Waals surface area contributed by atoms with Crippen molar-refractivity contribution in [3.63, 3.8) is 0 Å². The van der Waals surface area contributed by atoms with Gasteiger partial charge in [-0.1, -0.05) is 37.1 Å². The van der Waals surface area contributed by atoms with Gasteiger partial charge < -0.3 is 19.9 Å². The Labute approximate surface area is 233 Å². The van der Waals surface area contributed by atoms with Crippen LogP contribution in [0.1, 0.15) is 32.1 Å². The second-order valence-corrected chi connectivity index (χ2v) is 10.2. The van der Waals surface area contributed by atoms with E-state index in [-0.39, 0.29) is 0 Å². The van der Waals surface area contributed by atoms with Crippen molar-refractivity contribution in [3.8, 4) is 22.8 Å². The van der Waals surface area contributed by atoms with Crippen molar-refractivity contribution >= 4 is 29.2 Å². The molecule has 0 unspecified atom stereocenters. The van der Waals surface area contributed by atoms with Gasteiger partial charge in [-0.15, -0.1) is 0 Å². The molecule has 1 fully saturated rings. The average molecular weight is 575 g/mol. The molecule has 12 heteroatoms. The van der Waals surface area contributed by atoms with Crippen LogP contribution in [0, 0.1) is 0 Å². The Morgan fingerprint density at radius 3 is 2.40 bits per heavy atom. The van der Waals surface area contributed by atoms with Gasteiger partial charge in [0.05, 0.1) is 25.3 Å². The molecular weight excluding hydrogens is 545 g/mol. The molecule has 0 aliphatic heterocycles. The molecular formula is C28H29F3N4O4S. The number of ether oxygens (including phenoxy) is 2. The first-order valence-corrected chi connectivity index (χ1v) is 13.4. The summed E-state index contributed by atoms with van der Waals surface area (Å²) in [6.07, 6.45) is 6.76. The Kier molecular flexibility index (Phi) is 9.41. The Balaban J connectivity index is 0.000000470. The van der Waals surface area contributed by atoms with E-state index in [1.54, 1.807) is 38.4 Å². The normalized spacial score (nSPS) is 13.8. The van der Waals surface area contributed by atoms with Crippen molar-refractivity contribution < 1.29 is 32.5 Å². The Bertz CT molecular complexity index is 1440. The second-order valence-electron chi connectivity index (χ2n) is 9.04. The summed E-state index contributed by atoms with van der Waals surface area (Å²) >= 11 is 1.67. The number of aliphatic carboxylic acids is 1. The summed E-state index contributed by atoms with van der Waals surface area (Å²) in [6.45, 7) is 0. The molecule has 8 nitrogen and oxygen atoms in total. The fourth-order valence-corrected chi connectivity index (χ4v) is 5.26. The summed E-state index contributed by atoms with van der Waals surface area (Å²) in [5.74, 6) is -0.0578. The number of nitrogens with zero attached hydrogens (tertiary/aromatic N) is 3. The number of alkyl halides is 3. The highest BCUT2D eigenvalue weighted by molar-refractivity contribution is 7.99. The van der Waals surface area contributed by atoms with E-state index in [1.807, 2.05) is 18.3 Å². The van der Waals surface area contributed by atoms with Crippen LogP contribution in [0.15, 0.2) is 70.8 Å². The van der Waals surface area contributed by atoms with E-state index in [1.165, 1.54) is 32.1 Å². The van der Waals surface area contributed by atoms with Crippen LogP contribution >= 0.6 is 11.8 Å². The number of hydrogen-bond donors (Lipinski definition) is 2. The largest absolute Gasteiger partial charge is 0.497 e. The predicted octanol–water partition coefficient (Wildman–Crippen LogP) is 6.94. The lowest BCUT2D eigenvalue weighted by molar-refractivity contribution is -0.192. The van der Waals surface area contributed by atoms with Crippen LogP contribution in [0.25, 0.3) is 16.9 Å². The molecule has 5 rings (SSSR count). The molecule has 0 amide bonds. The minimum atomic E-state index is -5.08. The molecule has 2 aromatic carbocycles. The molecule has 4 aromatic rings. The predicted molar refractivity (Wildman–Crippen MR) is 146 cm³/mol. The lowest BCUT2D eigenvalue weighted by Crippen LogP contribution is -2.23. The van der Waals surface area contributed by atoms with Crippen LogP contribution in [-0.2, 0) is 4.79 Å². The van der Waals surface area contributed by atoms with E-state index >= 15 is 0 Å².